The molecule has 1 fully saturated rings. The molecule has 0 aromatic rings. The van der Waals surface area contributed by atoms with E-state index in [2.05, 4.69) is 13.8 Å². The van der Waals surface area contributed by atoms with Crippen LogP contribution in [0.5, 0.6) is 0 Å². The number of ether oxygens (including phenoxy) is 2. The van der Waals surface area contributed by atoms with Crippen LogP contribution in [-0.2, 0) is 19.1 Å². The molecule has 0 aliphatic heterocycles. The highest BCUT2D eigenvalue weighted by Crippen LogP contribution is 2.40. The van der Waals surface area contributed by atoms with E-state index in [0.29, 0.717) is 26.1 Å². The summed E-state index contributed by atoms with van der Waals surface area (Å²) >= 11 is 0. The Morgan fingerprint density at radius 2 is 0.692 bits per heavy atom. The quantitative estimate of drug-likeness (QED) is 0.0552. The van der Waals surface area contributed by atoms with Gasteiger partial charge in [0.15, 0.2) is 5.41 Å². The second-order valence-corrected chi connectivity index (χ2v) is 12.3. The van der Waals surface area contributed by atoms with Crippen molar-refractivity contribution in [2.24, 2.45) is 5.41 Å². The van der Waals surface area contributed by atoms with Crippen LogP contribution < -0.4 is 0 Å². The molecule has 0 radical (unpaired) electrons. The van der Waals surface area contributed by atoms with Crippen LogP contribution in [-0.4, -0.2) is 25.2 Å². The summed E-state index contributed by atoms with van der Waals surface area (Å²) < 4.78 is 11.2. The van der Waals surface area contributed by atoms with E-state index in [0.717, 1.165) is 38.5 Å². The standard InChI is InChI=1S/C35H66O4/c1-3-5-7-9-11-13-15-17-19-21-23-27-31-38-33(36)35(29-25-26-30-35)34(37)39-32-28-24-22-20-18-16-14-12-10-8-6-4-2/h3-32H2,1-2H3. The summed E-state index contributed by atoms with van der Waals surface area (Å²) in [6, 6.07) is 0. The molecule has 0 unspecified atom stereocenters. The van der Waals surface area contributed by atoms with E-state index in [1.54, 1.807) is 0 Å². The smallest absolute Gasteiger partial charge is 0.323 e. The highest BCUT2D eigenvalue weighted by atomic mass is 16.6. The molecule has 0 atom stereocenters. The van der Waals surface area contributed by atoms with Crippen LogP contribution in [0.3, 0.4) is 0 Å². The number of carbonyl (C=O) groups is 2. The minimum absolute atomic E-state index is 0.331. The molecule has 0 spiro atoms. The molecular weight excluding hydrogens is 484 g/mol. The summed E-state index contributed by atoms with van der Waals surface area (Å²) in [5, 5.41) is 0. The van der Waals surface area contributed by atoms with Gasteiger partial charge in [-0.1, -0.05) is 168 Å². The van der Waals surface area contributed by atoms with E-state index in [1.807, 2.05) is 0 Å². The van der Waals surface area contributed by atoms with E-state index in [-0.39, 0.29) is 11.9 Å². The first-order chi connectivity index (χ1) is 19.2. The van der Waals surface area contributed by atoms with Gasteiger partial charge in [-0.25, -0.2) is 0 Å². The normalized spacial score (nSPS) is 14.5. The number of carbonyl (C=O) groups excluding carboxylic acids is 2. The molecule has 230 valence electrons. The number of esters is 2. The molecule has 4 nitrogen and oxygen atoms in total. The third-order valence-electron chi connectivity index (χ3n) is 8.70. The van der Waals surface area contributed by atoms with Crippen LogP contribution >= 0.6 is 0 Å². The molecule has 0 N–H and O–H groups in total. The molecule has 0 aromatic heterocycles. The lowest BCUT2D eigenvalue weighted by Gasteiger charge is -2.24. The molecular formula is C35H66O4. The SMILES string of the molecule is CCCCCCCCCCCCCCOC(=O)C1(C(=O)OCCCCCCCCCCCCCC)CCCC1. The lowest BCUT2D eigenvalue weighted by molar-refractivity contribution is -0.172. The van der Waals surface area contributed by atoms with Gasteiger partial charge in [0.05, 0.1) is 13.2 Å². The Labute approximate surface area is 243 Å². The zero-order chi connectivity index (χ0) is 28.3. The van der Waals surface area contributed by atoms with Gasteiger partial charge in [-0.05, 0) is 25.7 Å². The van der Waals surface area contributed by atoms with Crippen LogP contribution in [0.1, 0.15) is 194 Å². The maximum absolute atomic E-state index is 12.9. The summed E-state index contributed by atoms with van der Waals surface area (Å²) in [5.41, 5.74) is -1.03. The van der Waals surface area contributed by atoms with Gasteiger partial charge in [-0.2, -0.15) is 0 Å². The van der Waals surface area contributed by atoms with Gasteiger partial charge in [-0.15, -0.1) is 0 Å². The van der Waals surface area contributed by atoms with Crippen LogP contribution in [0.15, 0.2) is 0 Å². The fraction of sp³-hybridized carbons (Fsp3) is 0.943. The van der Waals surface area contributed by atoms with Gasteiger partial charge < -0.3 is 9.47 Å². The average molecular weight is 551 g/mol. The van der Waals surface area contributed by atoms with E-state index in [1.165, 1.54) is 128 Å². The van der Waals surface area contributed by atoms with Gasteiger partial charge >= 0.3 is 11.9 Å². The van der Waals surface area contributed by atoms with E-state index in [9.17, 15) is 9.59 Å². The van der Waals surface area contributed by atoms with Crippen molar-refractivity contribution < 1.29 is 19.1 Å². The average Bonchev–Trinajstić information content (AvgIpc) is 3.45. The van der Waals surface area contributed by atoms with Gasteiger partial charge in [0.25, 0.3) is 0 Å². The van der Waals surface area contributed by atoms with Gasteiger partial charge in [0.2, 0.25) is 0 Å². The van der Waals surface area contributed by atoms with E-state index < -0.39 is 5.41 Å². The van der Waals surface area contributed by atoms with Crippen molar-refractivity contribution in [2.45, 2.75) is 194 Å². The zero-order valence-corrected chi connectivity index (χ0v) is 26.3. The van der Waals surface area contributed by atoms with Gasteiger partial charge in [0.1, 0.15) is 0 Å². The first kappa shape index (κ1) is 36.0. The first-order valence-electron chi connectivity index (χ1n) is 17.5. The lowest BCUT2D eigenvalue weighted by Crippen LogP contribution is -2.40. The van der Waals surface area contributed by atoms with E-state index in [4.69, 9.17) is 9.47 Å². The third-order valence-corrected chi connectivity index (χ3v) is 8.70. The Morgan fingerprint density at radius 1 is 0.436 bits per heavy atom. The Bertz CT molecular complexity index is 523. The van der Waals surface area contributed by atoms with Crippen molar-refractivity contribution >= 4 is 11.9 Å². The van der Waals surface area contributed by atoms with Crippen molar-refractivity contribution in [3.05, 3.63) is 0 Å². The van der Waals surface area contributed by atoms with Crippen molar-refractivity contribution in [3.8, 4) is 0 Å². The molecule has 4 heteroatoms. The van der Waals surface area contributed by atoms with Crippen molar-refractivity contribution in [3.63, 3.8) is 0 Å². The predicted molar refractivity (Wildman–Crippen MR) is 165 cm³/mol. The van der Waals surface area contributed by atoms with E-state index >= 15 is 0 Å². The third kappa shape index (κ3) is 18.1. The predicted octanol–water partition coefficient (Wildman–Crippen LogP) is 11.0. The molecule has 0 bridgehead atoms. The van der Waals surface area contributed by atoms with Crippen molar-refractivity contribution in [2.75, 3.05) is 13.2 Å². The molecule has 1 rings (SSSR count). The summed E-state index contributed by atoms with van der Waals surface area (Å²) in [5.74, 6) is -0.662. The minimum atomic E-state index is -1.03. The monoisotopic (exact) mass is 550 g/mol. The summed E-state index contributed by atoms with van der Waals surface area (Å²) in [6.07, 6.45) is 33.8. The molecule has 0 saturated heterocycles. The van der Waals surface area contributed by atoms with Crippen LogP contribution in [0.4, 0.5) is 0 Å². The van der Waals surface area contributed by atoms with Crippen LogP contribution in [0, 0.1) is 5.41 Å². The first-order valence-corrected chi connectivity index (χ1v) is 17.5. The van der Waals surface area contributed by atoms with Gasteiger partial charge in [-0.3, -0.25) is 9.59 Å². The molecule has 1 aliphatic rings. The van der Waals surface area contributed by atoms with Crippen molar-refractivity contribution in [1.29, 1.82) is 0 Å². The number of hydrogen-bond donors (Lipinski definition) is 0. The molecule has 0 amide bonds. The fourth-order valence-electron chi connectivity index (χ4n) is 5.96. The highest BCUT2D eigenvalue weighted by molar-refractivity contribution is 6.00. The highest BCUT2D eigenvalue weighted by Gasteiger charge is 2.50. The maximum Gasteiger partial charge on any atom is 0.323 e. The topological polar surface area (TPSA) is 52.6 Å². The van der Waals surface area contributed by atoms with Gasteiger partial charge in [0, 0.05) is 0 Å². The fourth-order valence-corrected chi connectivity index (χ4v) is 5.96. The number of rotatable bonds is 28. The Balaban J connectivity index is 2.04. The molecule has 1 aliphatic carbocycles. The molecule has 0 aromatic carbocycles. The molecule has 1 saturated carbocycles. The Hall–Kier alpha value is -1.06. The summed E-state index contributed by atoms with van der Waals surface area (Å²) in [7, 11) is 0. The second-order valence-electron chi connectivity index (χ2n) is 12.3. The largest absolute Gasteiger partial charge is 0.465 e. The summed E-state index contributed by atoms with van der Waals surface area (Å²) in [4.78, 5) is 25.8. The minimum Gasteiger partial charge on any atom is -0.465 e. The number of hydrogen-bond acceptors (Lipinski definition) is 4. The molecule has 0 heterocycles. The number of unbranched alkanes of at least 4 members (excludes halogenated alkanes) is 22. The maximum atomic E-state index is 12.9. The molecule has 39 heavy (non-hydrogen) atoms. The van der Waals surface area contributed by atoms with Crippen molar-refractivity contribution in [1.82, 2.24) is 0 Å². The Kier molecular flexibility index (Phi) is 23.9. The second kappa shape index (κ2) is 25.9. The lowest BCUT2D eigenvalue weighted by atomic mass is 9.86. The summed E-state index contributed by atoms with van der Waals surface area (Å²) in [6.45, 7) is 5.40. The van der Waals surface area contributed by atoms with Crippen LogP contribution in [0.25, 0.3) is 0 Å². The van der Waals surface area contributed by atoms with Crippen LogP contribution in [0.2, 0.25) is 0 Å². The Morgan fingerprint density at radius 3 is 0.974 bits per heavy atom. The zero-order valence-electron chi connectivity index (χ0n) is 26.3.